The minimum Gasteiger partial charge on any atom is -0.308 e. The fraction of sp³-hybridized carbons (Fsp3) is 0.273. The van der Waals surface area contributed by atoms with Crippen molar-refractivity contribution in [3.05, 3.63) is 30.3 Å². The van der Waals surface area contributed by atoms with E-state index >= 15 is 0 Å². The van der Waals surface area contributed by atoms with Gasteiger partial charge in [-0.15, -0.1) is 0 Å². The predicted octanol–water partition coefficient (Wildman–Crippen LogP) is 2.13. The van der Waals surface area contributed by atoms with Crippen LogP contribution in [-0.2, 0) is 4.79 Å². The summed E-state index contributed by atoms with van der Waals surface area (Å²) in [7, 11) is 0. The van der Waals surface area contributed by atoms with E-state index in [0.29, 0.717) is 12.1 Å². The number of urea groups is 1. The molecular weight excluding hydrogens is 192 g/mol. The van der Waals surface area contributed by atoms with Gasteiger partial charge in [-0.05, 0) is 18.6 Å². The number of para-hydroxylation sites is 1. The first-order chi connectivity index (χ1) is 7.22. The third-order valence-corrected chi connectivity index (χ3v) is 1.76. The summed E-state index contributed by atoms with van der Waals surface area (Å²) in [4.78, 5) is 22.3. The molecule has 0 aliphatic heterocycles. The normalized spacial score (nSPS) is 9.40. The second-order valence-corrected chi connectivity index (χ2v) is 3.12. The van der Waals surface area contributed by atoms with E-state index in [4.69, 9.17) is 0 Å². The minimum absolute atomic E-state index is 0.258. The lowest BCUT2D eigenvalue weighted by Gasteiger charge is -2.05. The highest BCUT2D eigenvalue weighted by Crippen LogP contribution is 2.04. The van der Waals surface area contributed by atoms with E-state index in [1.807, 2.05) is 25.1 Å². The van der Waals surface area contributed by atoms with Crippen molar-refractivity contribution in [3.8, 4) is 0 Å². The van der Waals surface area contributed by atoms with Gasteiger partial charge in [0.1, 0.15) is 0 Å². The van der Waals surface area contributed by atoms with Gasteiger partial charge >= 0.3 is 6.03 Å². The van der Waals surface area contributed by atoms with Crippen molar-refractivity contribution in [1.82, 2.24) is 5.32 Å². The molecule has 1 aromatic rings. The Kier molecular flexibility index (Phi) is 4.34. The van der Waals surface area contributed by atoms with Gasteiger partial charge in [0.05, 0.1) is 0 Å². The molecule has 1 aromatic carbocycles. The molecule has 0 saturated heterocycles. The quantitative estimate of drug-likeness (QED) is 0.796. The first-order valence-electron chi connectivity index (χ1n) is 4.88. The van der Waals surface area contributed by atoms with Gasteiger partial charge in [0.2, 0.25) is 5.91 Å². The molecule has 0 aliphatic carbocycles. The van der Waals surface area contributed by atoms with Gasteiger partial charge in [0.15, 0.2) is 0 Å². The van der Waals surface area contributed by atoms with Gasteiger partial charge in [-0.3, -0.25) is 10.1 Å². The van der Waals surface area contributed by atoms with Crippen molar-refractivity contribution >= 4 is 17.6 Å². The van der Waals surface area contributed by atoms with Gasteiger partial charge < -0.3 is 5.32 Å². The summed E-state index contributed by atoms with van der Waals surface area (Å²) in [5.41, 5.74) is 0.666. The molecule has 15 heavy (non-hydrogen) atoms. The van der Waals surface area contributed by atoms with E-state index in [1.54, 1.807) is 12.1 Å². The fourth-order valence-electron chi connectivity index (χ4n) is 1.10. The molecule has 4 heteroatoms. The number of carbonyl (C=O) groups is 2. The first-order valence-corrected chi connectivity index (χ1v) is 4.88. The molecule has 0 radical (unpaired) electrons. The Labute approximate surface area is 88.7 Å². The number of rotatable bonds is 3. The van der Waals surface area contributed by atoms with Crippen LogP contribution in [0.3, 0.4) is 0 Å². The summed E-state index contributed by atoms with van der Waals surface area (Å²) in [5.74, 6) is -0.258. The van der Waals surface area contributed by atoms with Crippen LogP contribution in [0.15, 0.2) is 30.3 Å². The van der Waals surface area contributed by atoms with Crippen LogP contribution in [-0.4, -0.2) is 11.9 Å². The Hall–Kier alpha value is -1.84. The van der Waals surface area contributed by atoms with E-state index in [1.165, 1.54) is 0 Å². The van der Waals surface area contributed by atoms with E-state index in [2.05, 4.69) is 10.6 Å². The molecule has 80 valence electrons. The van der Waals surface area contributed by atoms with Crippen LogP contribution in [0, 0.1) is 0 Å². The number of imide groups is 1. The largest absolute Gasteiger partial charge is 0.325 e. The third kappa shape index (κ3) is 4.26. The monoisotopic (exact) mass is 206 g/mol. The first kappa shape index (κ1) is 11.2. The molecular formula is C11H14N2O2. The Morgan fingerprint density at radius 3 is 2.47 bits per heavy atom. The summed E-state index contributed by atoms with van der Waals surface area (Å²) in [6.45, 7) is 1.88. The van der Waals surface area contributed by atoms with Crippen molar-refractivity contribution in [3.63, 3.8) is 0 Å². The predicted molar refractivity (Wildman–Crippen MR) is 58.5 cm³/mol. The second kappa shape index (κ2) is 5.80. The Balaban J connectivity index is 2.40. The van der Waals surface area contributed by atoms with Crippen molar-refractivity contribution in [1.29, 1.82) is 0 Å². The molecule has 0 unspecified atom stereocenters. The average molecular weight is 206 g/mol. The molecule has 0 aromatic heterocycles. The second-order valence-electron chi connectivity index (χ2n) is 3.12. The lowest BCUT2D eigenvalue weighted by molar-refractivity contribution is -0.119. The van der Waals surface area contributed by atoms with Gasteiger partial charge in [-0.2, -0.15) is 0 Å². The molecule has 2 N–H and O–H groups in total. The fourth-order valence-corrected chi connectivity index (χ4v) is 1.10. The van der Waals surface area contributed by atoms with Gasteiger partial charge in [-0.1, -0.05) is 25.1 Å². The molecule has 0 spiro atoms. The number of carbonyl (C=O) groups excluding carboxylic acids is 2. The van der Waals surface area contributed by atoms with Crippen LogP contribution in [0.2, 0.25) is 0 Å². The summed E-state index contributed by atoms with van der Waals surface area (Å²) < 4.78 is 0. The van der Waals surface area contributed by atoms with Crippen LogP contribution in [0.1, 0.15) is 19.8 Å². The van der Waals surface area contributed by atoms with Gasteiger partial charge in [-0.25, -0.2) is 4.79 Å². The SMILES string of the molecule is CCCC(=O)NC(=O)Nc1ccccc1. The van der Waals surface area contributed by atoms with Crippen LogP contribution in [0.5, 0.6) is 0 Å². The van der Waals surface area contributed by atoms with Crippen LogP contribution in [0.25, 0.3) is 0 Å². The van der Waals surface area contributed by atoms with Crippen molar-refractivity contribution in [2.24, 2.45) is 0 Å². The number of hydrogen-bond acceptors (Lipinski definition) is 2. The molecule has 0 fully saturated rings. The van der Waals surface area contributed by atoms with Gasteiger partial charge in [0.25, 0.3) is 0 Å². The maximum Gasteiger partial charge on any atom is 0.325 e. The number of nitrogens with one attached hydrogen (secondary N) is 2. The highest BCUT2D eigenvalue weighted by atomic mass is 16.2. The number of benzene rings is 1. The molecule has 1 rings (SSSR count). The zero-order valence-electron chi connectivity index (χ0n) is 8.62. The summed E-state index contributed by atoms with van der Waals surface area (Å²) in [6.07, 6.45) is 1.09. The maximum absolute atomic E-state index is 11.3. The van der Waals surface area contributed by atoms with E-state index in [-0.39, 0.29) is 5.91 Å². The molecule has 0 bridgehead atoms. The average Bonchev–Trinajstić information content (AvgIpc) is 2.19. The van der Waals surface area contributed by atoms with Crippen molar-refractivity contribution in [2.45, 2.75) is 19.8 Å². The standard InChI is InChI=1S/C11H14N2O2/c1-2-6-10(14)13-11(15)12-9-7-4-3-5-8-9/h3-5,7-8H,2,6H2,1H3,(H2,12,13,14,15). The number of hydrogen-bond donors (Lipinski definition) is 2. The Morgan fingerprint density at radius 1 is 1.20 bits per heavy atom. The molecule has 0 saturated carbocycles. The summed E-state index contributed by atoms with van der Waals surface area (Å²) in [5, 5.41) is 4.80. The van der Waals surface area contributed by atoms with Gasteiger partial charge in [0, 0.05) is 12.1 Å². The molecule has 0 aliphatic rings. The zero-order chi connectivity index (χ0) is 11.1. The summed E-state index contributed by atoms with van der Waals surface area (Å²) in [6, 6.07) is 8.49. The lowest BCUT2D eigenvalue weighted by Crippen LogP contribution is -2.33. The Bertz CT molecular complexity index is 336. The number of anilines is 1. The molecule has 4 nitrogen and oxygen atoms in total. The van der Waals surface area contributed by atoms with Crippen LogP contribution < -0.4 is 10.6 Å². The smallest absolute Gasteiger partial charge is 0.308 e. The van der Waals surface area contributed by atoms with Crippen LogP contribution in [0.4, 0.5) is 10.5 Å². The summed E-state index contributed by atoms with van der Waals surface area (Å²) >= 11 is 0. The lowest BCUT2D eigenvalue weighted by atomic mass is 10.3. The van der Waals surface area contributed by atoms with E-state index in [9.17, 15) is 9.59 Å². The van der Waals surface area contributed by atoms with Crippen molar-refractivity contribution in [2.75, 3.05) is 5.32 Å². The Morgan fingerprint density at radius 2 is 1.87 bits per heavy atom. The van der Waals surface area contributed by atoms with Crippen LogP contribution >= 0.6 is 0 Å². The highest BCUT2D eigenvalue weighted by Gasteiger charge is 2.05. The molecule has 3 amide bonds. The van der Waals surface area contributed by atoms with E-state index in [0.717, 1.165) is 6.42 Å². The highest BCUT2D eigenvalue weighted by molar-refractivity contribution is 6.01. The third-order valence-electron chi connectivity index (χ3n) is 1.76. The zero-order valence-corrected chi connectivity index (χ0v) is 8.62. The van der Waals surface area contributed by atoms with Crippen molar-refractivity contribution < 1.29 is 9.59 Å². The minimum atomic E-state index is -0.486. The topological polar surface area (TPSA) is 58.2 Å². The molecule has 0 atom stereocenters. The molecule has 0 heterocycles. The van der Waals surface area contributed by atoms with E-state index < -0.39 is 6.03 Å². The number of amides is 3. The maximum atomic E-state index is 11.3.